The molecule has 1 aromatic carbocycles. The number of piperidine rings is 1. The molecule has 1 fully saturated rings. The second-order valence-electron chi connectivity index (χ2n) is 8.08. The molecule has 8 nitrogen and oxygen atoms in total. The Morgan fingerprint density at radius 1 is 1.27 bits per heavy atom. The first-order valence-corrected chi connectivity index (χ1v) is 11.0. The summed E-state index contributed by atoms with van der Waals surface area (Å²) in [5.74, 6) is -0.193. The average molecular weight is 445 g/mol. The number of hydrogen-bond acceptors (Lipinski definition) is 6. The molecule has 0 aliphatic carbocycles. The van der Waals surface area contributed by atoms with Gasteiger partial charge in [0.05, 0.1) is 17.4 Å². The number of nitriles is 1. The molecule has 33 heavy (non-hydrogen) atoms. The normalized spacial score (nSPS) is 15.2. The number of rotatable bonds is 2. The van der Waals surface area contributed by atoms with Crippen LogP contribution in [-0.4, -0.2) is 39.8 Å². The number of nitrogens with zero attached hydrogens (tertiary/aromatic N) is 4. The van der Waals surface area contributed by atoms with Gasteiger partial charge in [-0.3, -0.25) is 9.59 Å². The van der Waals surface area contributed by atoms with Crippen molar-refractivity contribution in [2.45, 2.75) is 33.1 Å². The van der Waals surface area contributed by atoms with Crippen LogP contribution < -0.4 is 11.1 Å². The highest BCUT2D eigenvalue weighted by Crippen LogP contribution is 2.18. The monoisotopic (exact) mass is 444 g/mol. The molecule has 170 valence electrons. The number of hydrogen-bond donors (Lipinski definition) is 2. The number of nitrogens with one attached hydrogen (secondary N) is 1. The summed E-state index contributed by atoms with van der Waals surface area (Å²) in [7, 11) is 0. The zero-order valence-electron chi connectivity index (χ0n) is 18.9. The summed E-state index contributed by atoms with van der Waals surface area (Å²) in [6.45, 7) is 5.34. The van der Waals surface area contributed by atoms with Gasteiger partial charge in [-0.2, -0.15) is 5.26 Å². The number of carbonyl (C=O) groups is 2. The maximum atomic E-state index is 12.1. The summed E-state index contributed by atoms with van der Waals surface area (Å²) < 4.78 is 0. The molecule has 1 aliphatic rings. The van der Waals surface area contributed by atoms with E-state index >= 15 is 0 Å². The third kappa shape index (κ3) is 6.26. The average Bonchev–Trinajstić information content (AvgIpc) is 2.84. The molecule has 3 aromatic rings. The van der Waals surface area contributed by atoms with Gasteiger partial charge in [0.1, 0.15) is 17.6 Å². The van der Waals surface area contributed by atoms with Crippen LogP contribution >= 0.6 is 0 Å². The standard InChI is InChI=1S/C15H22N4O2.C10H6N2/c1-3-11-7-12(8-17-13(11)16)18-14(20)15(21)19-6-4-5-10(2)9-19;11-7-9-6-5-8-3-1-2-4-10(8)12-9/h7-8,10H,3-6,9H2,1-2H3,(H2,16,17)(H,18,20);1-6H. The predicted octanol–water partition coefficient (Wildman–Crippen LogP) is 3.53. The Labute approximate surface area is 193 Å². The van der Waals surface area contributed by atoms with Gasteiger partial charge in [0.25, 0.3) is 0 Å². The molecule has 1 unspecified atom stereocenters. The molecule has 0 bridgehead atoms. The first kappa shape index (κ1) is 23.7. The molecule has 1 saturated heterocycles. The van der Waals surface area contributed by atoms with Crippen molar-refractivity contribution in [3.05, 3.63) is 59.9 Å². The van der Waals surface area contributed by atoms with Crippen LogP contribution in [0.2, 0.25) is 0 Å². The minimum Gasteiger partial charge on any atom is -0.383 e. The predicted molar refractivity (Wildman–Crippen MR) is 128 cm³/mol. The topological polar surface area (TPSA) is 125 Å². The summed E-state index contributed by atoms with van der Waals surface area (Å²) in [6, 6.07) is 15.1. The quantitative estimate of drug-likeness (QED) is 0.583. The molecule has 0 radical (unpaired) electrons. The fourth-order valence-corrected chi connectivity index (χ4v) is 3.70. The van der Waals surface area contributed by atoms with Gasteiger partial charge in [0.15, 0.2) is 0 Å². The Balaban J connectivity index is 0.000000215. The zero-order valence-corrected chi connectivity index (χ0v) is 18.9. The Bertz CT molecular complexity index is 1190. The van der Waals surface area contributed by atoms with E-state index in [2.05, 4.69) is 22.2 Å². The number of nitrogen functional groups attached to an aromatic ring is 1. The summed E-state index contributed by atoms with van der Waals surface area (Å²) in [5.41, 5.74) is 8.42. The van der Waals surface area contributed by atoms with Gasteiger partial charge in [-0.15, -0.1) is 0 Å². The van der Waals surface area contributed by atoms with Crippen molar-refractivity contribution in [1.82, 2.24) is 14.9 Å². The number of amides is 2. The summed E-state index contributed by atoms with van der Waals surface area (Å²) in [6.07, 6.45) is 4.25. The van der Waals surface area contributed by atoms with Crippen LogP contribution in [0, 0.1) is 17.2 Å². The minimum absolute atomic E-state index is 0.445. The summed E-state index contributed by atoms with van der Waals surface area (Å²) in [4.78, 5) is 34.0. The number of carbonyl (C=O) groups excluding carboxylic acids is 2. The van der Waals surface area contributed by atoms with E-state index < -0.39 is 11.8 Å². The number of anilines is 2. The molecule has 3 heterocycles. The second kappa shape index (κ2) is 11.0. The molecule has 0 spiro atoms. The third-order valence-electron chi connectivity index (χ3n) is 5.49. The van der Waals surface area contributed by atoms with E-state index in [1.165, 1.54) is 6.20 Å². The number of aromatic nitrogens is 2. The van der Waals surface area contributed by atoms with Gasteiger partial charge in [-0.25, -0.2) is 9.97 Å². The molecular formula is C25H28N6O2. The van der Waals surface area contributed by atoms with Crippen molar-refractivity contribution in [1.29, 1.82) is 5.26 Å². The van der Waals surface area contributed by atoms with Crippen molar-refractivity contribution < 1.29 is 9.59 Å². The van der Waals surface area contributed by atoms with Gasteiger partial charge in [-0.1, -0.05) is 32.0 Å². The highest BCUT2D eigenvalue weighted by Gasteiger charge is 2.26. The lowest BCUT2D eigenvalue weighted by Crippen LogP contribution is -2.44. The number of nitrogens with two attached hydrogens (primary N) is 1. The van der Waals surface area contributed by atoms with Crippen LogP contribution in [0.4, 0.5) is 11.5 Å². The van der Waals surface area contributed by atoms with Crippen molar-refractivity contribution in [2.24, 2.45) is 5.92 Å². The van der Waals surface area contributed by atoms with E-state index in [-0.39, 0.29) is 0 Å². The van der Waals surface area contributed by atoms with E-state index in [4.69, 9.17) is 11.0 Å². The van der Waals surface area contributed by atoms with Gasteiger partial charge in [0, 0.05) is 18.5 Å². The number of likely N-dealkylation sites (tertiary alicyclic amines) is 1. The van der Waals surface area contributed by atoms with Gasteiger partial charge >= 0.3 is 11.8 Å². The lowest BCUT2D eigenvalue weighted by molar-refractivity contribution is -0.144. The largest absolute Gasteiger partial charge is 0.383 e. The summed E-state index contributed by atoms with van der Waals surface area (Å²) in [5, 5.41) is 12.3. The first-order chi connectivity index (χ1) is 15.9. The van der Waals surface area contributed by atoms with Crippen molar-refractivity contribution >= 4 is 34.2 Å². The molecule has 0 saturated carbocycles. The van der Waals surface area contributed by atoms with E-state index in [1.807, 2.05) is 43.3 Å². The Kier molecular flexibility index (Phi) is 7.92. The Hall–Kier alpha value is -3.99. The fourth-order valence-electron chi connectivity index (χ4n) is 3.70. The number of pyridine rings is 2. The first-order valence-electron chi connectivity index (χ1n) is 11.0. The number of aryl methyl sites for hydroxylation is 1. The third-order valence-corrected chi connectivity index (χ3v) is 5.49. The molecule has 4 rings (SSSR count). The Morgan fingerprint density at radius 2 is 2.06 bits per heavy atom. The molecular weight excluding hydrogens is 416 g/mol. The molecule has 2 amide bonds. The van der Waals surface area contributed by atoms with E-state index in [9.17, 15) is 9.59 Å². The van der Waals surface area contributed by atoms with Crippen LogP contribution in [-0.2, 0) is 16.0 Å². The van der Waals surface area contributed by atoms with Crippen LogP contribution in [0.5, 0.6) is 0 Å². The van der Waals surface area contributed by atoms with Crippen LogP contribution in [0.25, 0.3) is 10.9 Å². The number of benzene rings is 1. The van der Waals surface area contributed by atoms with Gasteiger partial charge in [0.2, 0.25) is 0 Å². The molecule has 1 aliphatic heterocycles. The molecule has 1 atom stereocenters. The maximum absolute atomic E-state index is 12.1. The maximum Gasteiger partial charge on any atom is 0.313 e. The van der Waals surface area contributed by atoms with Crippen molar-refractivity contribution in [3.8, 4) is 6.07 Å². The van der Waals surface area contributed by atoms with Gasteiger partial charge in [-0.05, 0) is 55.0 Å². The second-order valence-corrected chi connectivity index (χ2v) is 8.08. The SMILES string of the molecule is CCc1cc(NC(=O)C(=O)N2CCCC(C)C2)cnc1N.N#Cc1ccc2ccccc2n1. The van der Waals surface area contributed by atoms with Crippen molar-refractivity contribution in [3.63, 3.8) is 0 Å². The van der Waals surface area contributed by atoms with Gasteiger partial charge < -0.3 is 16.0 Å². The molecule has 2 aromatic heterocycles. The van der Waals surface area contributed by atoms with Crippen LogP contribution in [0.3, 0.4) is 0 Å². The minimum atomic E-state index is -0.613. The lowest BCUT2D eigenvalue weighted by Gasteiger charge is -2.30. The van der Waals surface area contributed by atoms with E-state index in [0.717, 1.165) is 35.7 Å². The highest BCUT2D eigenvalue weighted by molar-refractivity contribution is 6.39. The smallest absolute Gasteiger partial charge is 0.313 e. The zero-order chi connectivity index (χ0) is 23.8. The number of fused-ring (bicyclic) bond motifs is 1. The van der Waals surface area contributed by atoms with Crippen LogP contribution in [0.15, 0.2) is 48.7 Å². The highest BCUT2D eigenvalue weighted by atomic mass is 16.2. The number of para-hydroxylation sites is 1. The lowest BCUT2D eigenvalue weighted by atomic mass is 10.0. The fraction of sp³-hybridized carbons (Fsp3) is 0.320. The Morgan fingerprint density at radius 3 is 2.79 bits per heavy atom. The van der Waals surface area contributed by atoms with E-state index in [0.29, 0.717) is 36.2 Å². The molecule has 3 N–H and O–H groups in total. The van der Waals surface area contributed by atoms with Crippen LogP contribution in [0.1, 0.15) is 37.9 Å². The van der Waals surface area contributed by atoms with Crippen molar-refractivity contribution in [2.75, 3.05) is 24.1 Å². The summed E-state index contributed by atoms with van der Waals surface area (Å²) >= 11 is 0. The van der Waals surface area contributed by atoms with E-state index in [1.54, 1.807) is 17.0 Å². The molecule has 8 heteroatoms.